The molecule has 0 aromatic carbocycles. The van der Waals surface area contributed by atoms with Crippen molar-refractivity contribution in [1.29, 1.82) is 0 Å². The average molecular weight is 208 g/mol. The summed E-state index contributed by atoms with van der Waals surface area (Å²) in [6.45, 7) is 1.04. The van der Waals surface area contributed by atoms with Gasteiger partial charge in [-0.15, -0.1) is 0 Å². The van der Waals surface area contributed by atoms with Crippen molar-refractivity contribution in [2.75, 3.05) is 12.4 Å². The molecule has 2 heteroatoms. The van der Waals surface area contributed by atoms with Gasteiger partial charge in [0.2, 0.25) is 0 Å². The minimum atomic E-state index is 0.538. The Labute approximate surface area is 89.3 Å². The molecule has 14 heavy (non-hydrogen) atoms. The van der Waals surface area contributed by atoms with Gasteiger partial charge in [-0.1, -0.05) is 5.57 Å². The molecule has 6 aliphatic rings. The minimum absolute atomic E-state index is 0.538. The fourth-order valence-electron chi connectivity index (χ4n) is 3.87. The van der Waals surface area contributed by atoms with E-state index in [9.17, 15) is 0 Å². The number of hydrogen-bond donors (Lipinski definition) is 0. The molecular weight excluding hydrogens is 192 g/mol. The Kier molecular flexibility index (Phi) is 1.64. The first-order chi connectivity index (χ1) is 6.93. The Balaban J connectivity index is 1.88. The van der Waals surface area contributed by atoms with Crippen molar-refractivity contribution in [3.8, 4) is 0 Å². The van der Waals surface area contributed by atoms with Crippen LogP contribution < -0.4 is 0 Å². The molecule has 2 aliphatic carbocycles. The van der Waals surface area contributed by atoms with E-state index in [2.05, 4.69) is 11.8 Å². The zero-order valence-electron chi connectivity index (χ0n) is 8.37. The first-order valence-corrected chi connectivity index (χ1v) is 6.95. The van der Waals surface area contributed by atoms with Crippen LogP contribution in [-0.4, -0.2) is 23.7 Å². The van der Waals surface area contributed by atoms with E-state index in [4.69, 9.17) is 4.74 Å². The van der Waals surface area contributed by atoms with Gasteiger partial charge in [0.05, 0.1) is 12.7 Å². The third-order valence-electron chi connectivity index (χ3n) is 4.46. The highest BCUT2D eigenvalue weighted by Gasteiger charge is 2.46. The zero-order valence-corrected chi connectivity index (χ0v) is 9.19. The van der Waals surface area contributed by atoms with E-state index in [1.54, 1.807) is 5.57 Å². The van der Waals surface area contributed by atoms with E-state index < -0.39 is 0 Å². The monoisotopic (exact) mass is 208 g/mol. The molecular formula is C12H16OS. The molecule has 4 unspecified atom stereocenters. The normalized spacial score (nSPS) is 49.7. The summed E-state index contributed by atoms with van der Waals surface area (Å²) in [4.78, 5) is 0. The SMILES string of the molecule is C1CC2OCC1C1=C2C2CCC1CS2. The molecule has 0 N–H and O–H groups in total. The highest BCUT2D eigenvalue weighted by Crippen LogP contribution is 2.54. The number of ether oxygens (including phenoxy) is 1. The molecule has 2 fully saturated rings. The van der Waals surface area contributed by atoms with Crippen molar-refractivity contribution in [1.82, 2.24) is 0 Å². The second-order valence-corrected chi connectivity index (χ2v) is 6.34. The van der Waals surface area contributed by atoms with Gasteiger partial charge in [0.15, 0.2) is 0 Å². The van der Waals surface area contributed by atoms with Crippen LogP contribution in [0.1, 0.15) is 25.7 Å². The molecule has 4 heterocycles. The molecule has 2 saturated heterocycles. The van der Waals surface area contributed by atoms with E-state index in [1.165, 1.54) is 31.4 Å². The molecule has 0 spiro atoms. The zero-order chi connectivity index (χ0) is 9.12. The van der Waals surface area contributed by atoms with Gasteiger partial charge in [-0.3, -0.25) is 0 Å². The molecule has 6 rings (SSSR count). The van der Waals surface area contributed by atoms with Crippen LogP contribution >= 0.6 is 11.8 Å². The first kappa shape index (κ1) is 8.23. The summed E-state index contributed by atoms with van der Waals surface area (Å²) < 4.78 is 5.93. The lowest BCUT2D eigenvalue weighted by molar-refractivity contribution is -0.0120. The lowest BCUT2D eigenvalue weighted by atomic mass is 9.68. The maximum atomic E-state index is 5.93. The number of rotatable bonds is 0. The van der Waals surface area contributed by atoms with Gasteiger partial charge in [-0.2, -0.15) is 11.8 Å². The highest BCUT2D eigenvalue weighted by atomic mass is 32.2. The summed E-state index contributed by atoms with van der Waals surface area (Å²) >= 11 is 2.20. The molecule has 76 valence electrons. The lowest BCUT2D eigenvalue weighted by Crippen LogP contribution is -2.46. The number of hydrogen-bond acceptors (Lipinski definition) is 2. The fourth-order valence-corrected chi connectivity index (χ4v) is 5.45. The first-order valence-electron chi connectivity index (χ1n) is 5.90. The van der Waals surface area contributed by atoms with Crippen LogP contribution in [0, 0.1) is 11.8 Å². The van der Waals surface area contributed by atoms with E-state index in [-0.39, 0.29) is 0 Å². The van der Waals surface area contributed by atoms with Gasteiger partial charge in [0.25, 0.3) is 0 Å². The van der Waals surface area contributed by atoms with Crippen LogP contribution in [-0.2, 0) is 4.74 Å². The Morgan fingerprint density at radius 2 is 1.93 bits per heavy atom. The van der Waals surface area contributed by atoms with Crippen molar-refractivity contribution < 1.29 is 4.74 Å². The van der Waals surface area contributed by atoms with Gasteiger partial charge in [0, 0.05) is 16.9 Å². The molecule has 0 radical (unpaired) electrons. The van der Waals surface area contributed by atoms with Crippen LogP contribution in [0.3, 0.4) is 0 Å². The second kappa shape index (κ2) is 2.79. The Morgan fingerprint density at radius 3 is 2.57 bits per heavy atom. The van der Waals surface area contributed by atoms with Gasteiger partial charge in [-0.25, -0.2) is 0 Å². The van der Waals surface area contributed by atoms with Gasteiger partial charge in [-0.05, 0) is 37.2 Å². The third kappa shape index (κ3) is 0.917. The summed E-state index contributed by atoms with van der Waals surface area (Å²) in [6, 6.07) is 0. The van der Waals surface area contributed by atoms with E-state index in [0.717, 1.165) is 23.7 Å². The van der Waals surface area contributed by atoms with Gasteiger partial charge >= 0.3 is 0 Å². The van der Waals surface area contributed by atoms with Crippen LogP contribution in [0.4, 0.5) is 0 Å². The molecule has 1 nitrogen and oxygen atoms in total. The number of fused-ring (bicyclic) bond motifs is 4. The standard InChI is InChI=1S/C12H16OS/c1-3-9-12-10-4-2-8(6-14-10)11(12)7(1)5-13-9/h7-10H,1-6H2. The topological polar surface area (TPSA) is 9.23 Å². The Morgan fingerprint density at radius 1 is 1.00 bits per heavy atom. The summed E-state index contributed by atoms with van der Waals surface area (Å²) in [5, 5.41) is 0.850. The molecule has 0 saturated carbocycles. The molecule has 4 aliphatic heterocycles. The van der Waals surface area contributed by atoms with Gasteiger partial charge in [0.1, 0.15) is 0 Å². The molecule has 4 bridgehead atoms. The van der Waals surface area contributed by atoms with E-state index >= 15 is 0 Å². The molecule has 0 aromatic heterocycles. The summed E-state index contributed by atoms with van der Waals surface area (Å²) in [7, 11) is 0. The molecule has 0 aromatic rings. The van der Waals surface area contributed by atoms with E-state index in [0.29, 0.717) is 6.10 Å². The summed E-state index contributed by atoms with van der Waals surface area (Å²) in [5.41, 5.74) is 3.64. The largest absolute Gasteiger partial charge is 0.373 e. The van der Waals surface area contributed by atoms with Crippen molar-refractivity contribution in [3.63, 3.8) is 0 Å². The van der Waals surface area contributed by atoms with Crippen LogP contribution in [0.15, 0.2) is 11.1 Å². The predicted molar refractivity (Wildman–Crippen MR) is 58.5 cm³/mol. The van der Waals surface area contributed by atoms with Crippen molar-refractivity contribution in [3.05, 3.63) is 11.1 Å². The highest BCUT2D eigenvalue weighted by molar-refractivity contribution is 8.00. The Hall–Kier alpha value is 0.0500. The van der Waals surface area contributed by atoms with E-state index in [1.807, 2.05) is 5.57 Å². The maximum absolute atomic E-state index is 5.93. The van der Waals surface area contributed by atoms with Crippen molar-refractivity contribution in [2.24, 2.45) is 11.8 Å². The van der Waals surface area contributed by atoms with Gasteiger partial charge < -0.3 is 4.74 Å². The average Bonchev–Trinajstić information content (AvgIpc) is 2.32. The third-order valence-corrected chi connectivity index (χ3v) is 5.95. The van der Waals surface area contributed by atoms with Crippen molar-refractivity contribution >= 4 is 11.8 Å². The minimum Gasteiger partial charge on any atom is -0.373 e. The molecule has 4 atom stereocenters. The second-order valence-electron chi connectivity index (χ2n) is 5.10. The quantitative estimate of drug-likeness (QED) is 0.566. The maximum Gasteiger partial charge on any atom is 0.0799 e. The lowest BCUT2D eigenvalue weighted by Gasteiger charge is -2.51. The van der Waals surface area contributed by atoms with Crippen LogP contribution in [0.5, 0.6) is 0 Å². The Bertz CT molecular complexity index is 235. The molecule has 0 amide bonds. The smallest absolute Gasteiger partial charge is 0.0799 e. The predicted octanol–water partition coefficient (Wildman–Crippen LogP) is 2.62. The summed E-state index contributed by atoms with van der Waals surface area (Å²) in [6.07, 6.45) is 6.17. The fraction of sp³-hybridized carbons (Fsp3) is 0.833. The summed E-state index contributed by atoms with van der Waals surface area (Å²) in [5.74, 6) is 3.17. The number of thioether (sulfide) groups is 1. The van der Waals surface area contributed by atoms with Crippen LogP contribution in [0.2, 0.25) is 0 Å². The van der Waals surface area contributed by atoms with Crippen molar-refractivity contribution in [2.45, 2.75) is 37.0 Å². The van der Waals surface area contributed by atoms with Crippen LogP contribution in [0.25, 0.3) is 0 Å².